The summed E-state index contributed by atoms with van der Waals surface area (Å²) in [4.78, 5) is 53.4. The Labute approximate surface area is 236 Å². The molecule has 202 valence electrons. The van der Waals surface area contributed by atoms with Gasteiger partial charge in [-0.05, 0) is 64.9 Å². The van der Waals surface area contributed by atoms with Crippen LogP contribution < -0.4 is 4.90 Å². The van der Waals surface area contributed by atoms with Crippen LogP contribution in [-0.2, 0) is 14.4 Å². The number of imide groups is 1. The average molecular weight is 553 g/mol. The van der Waals surface area contributed by atoms with Gasteiger partial charge in [-0.1, -0.05) is 79.9 Å². The van der Waals surface area contributed by atoms with Gasteiger partial charge >= 0.3 is 5.97 Å². The molecular weight excluding hydrogens is 524 g/mol. The summed E-state index contributed by atoms with van der Waals surface area (Å²) in [5.41, 5.74) is 5.56. The third-order valence-electron chi connectivity index (χ3n) is 7.88. The van der Waals surface area contributed by atoms with Crippen LogP contribution in [0.3, 0.4) is 0 Å². The summed E-state index contributed by atoms with van der Waals surface area (Å²) >= 11 is 0.644. The number of anilines is 1. The molecule has 7 nitrogen and oxygen atoms in total. The highest BCUT2D eigenvalue weighted by atomic mass is 32.2. The van der Waals surface area contributed by atoms with Crippen molar-refractivity contribution in [2.45, 2.75) is 32.1 Å². The van der Waals surface area contributed by atoms with E-state index in [0.717, 1.165) is 53.6 Å². The van der Waals surface area contributed by atoms with Gasteiger partial charge in [0.05, 0.1) is 16.2 Å². The minimum atomic E-state index is -1.29. The van der Waals surface area contributed by atoms with Crippen molar-refractivity contribution in [2.75, 3.05) is 18.0 Å². The summed E-state index contributed by atoms with van der Waals surface area (Å²) in [5, 5.41) is 8.53. The Morgan fingerprint density at radius 1 is 0.775 bits per heavy atom. The molecule has 3 aromatic carbocycles. The van der Waals surface area contributed by atoms with Gasteiger partial charge in [0.25, 0.3) is 17.1 Å². The molecule has 2 fully saturated rings. The van der Waals surface area contributed by atoms with Gasteiger partial charge in [-0.15, -0.1) is 0 Å². The molecule has 1 saturated heterocycles. The smallest absolute Gasteiger partial charge is 0.323 e. The fourth-order valence-corrected chi connectivity index (χ4v) is 6.78. The van der Waals surface area contributed by atoms with Crippen molar-refractivity contribution < 1.29 is 24.3 Å². The molecule has 8 heteroatoms. The Morgan fingerprint density at radius 3 is 2.08 bits per heavy atom. The Bertz CT molecular complexity index is 1540. The Kier molecular flexibility index (Phi) is 7.02. The lowest BCUT2D eigenvalue weighted by Gasteiger charge is -2.27. The van der Waals surface area contributed by atoms with E-state index in [4.69, 9.17) is 0 Å². The van der Waals surface area contributed by atoms with Crippen LogP contribution in [0.5, 0.6) is 0 Å². The topological polar surface area (TPSA) is 95.0 Å². The Morgan fingerprint density at radius 2 is 1.40 bits per heavy atom. The fourth-order valence-electron chi connectivity index (χ4n) is 5.85. The molecule has 3 aromatic rings. The van der Waals surface area contributed by atoms with Gasteiger partial charge in [0.15, 0.2) is 0 Å². The number of nitrogens with zero attached hydrogens (tertiary/aromatic N) is 2. The van der Waals surface area contributed by atoms with E-state index in [1.165, 1.54) is 6.42 Å². The van der Waals surface area contributed by atoms with Crippen molar-refractivity contribution >= 4 is 46.0 Å². The molecule has 1 aliphatic carbocycles. The molecule has 0 aromatic heterocycles. The maximum absolute atomic E-state index is 13.9. The molecular formula is C32H28N2O5S. The number of aliphatic carboxylic acids is 1. The summed E-state index contributed by atoms with van der Waals surface area (Å²) < 4.78 is 0. The number of hydrogen-bond acceptors (Lipinski definition) is 5. The second-order valence-electron chi connectivity index (χ2n) is 10.5. The summed E-state index contributed by atoms with van der Waals surface area (Å²) in [7, 11) is 0. The lowest BCUT2D eigenvalue weighted by Crippen LogP contribution is -2.34. The van der Waals surface area contributed by atoms with Gasteiger partial charge in [-0.3, -0.25) is 24.1 Å². The minimum absolute atomic E-state index is 0.000203. The molecule has 3 amide bonds. The zero-order valence-corrected chi connectivity index (χ0v) is 22.7. The van der Waals surface area contributed by atoms with Crippen molar-refractivity contribution in [3.63, 3.8) is 0 Å². The van der Waals surface area contributed by atoms with Crippen molar-refractivity contribution in [3.05, 3.63) is 83.3 Å². The molecule has 0 atom stereocenters. The van der Waals surface area contributed by atoms with Crippen molar-refractivity contribution in [3.8, 4) is 22.3 Å². The van der Waals surface area contributed by atoms with E-state index in [-0.39, 0.29) is 16.4 Å². The van der Waals surface area contributed by atoms with E-state index in [0.29, 0.717) is 34.7 Å². The number of carboxylic acid groups (broad SMARTS) is 1. The third-order valence-corrected chi connectivity index (χ3v) is 8.85. The van der Waals surface area contributed by atoms with Crippen LogP contribution in [0.25, 0.3) is 27.8 Å². The first-order valence-electron chi connectivity index (χ1n) is 13.5. The van der Waals surface area contributed by atoms with E-state index >= 15 is 0 Å². The zero-order valence-electron chi connectivity index (χ0n) is 21.8. The van der Waals surface area contributed by atoms with E-state index < -0.39 is 23.7 Å². The monoisotopic (exact) mass is 552 g/mol. The summed E-state index contributed by atoms with van der Waals surface area (Å²) in [6, 6.07) is 24.1. The highest BCUT2D eigenvalue weighted by Gasteiger charge is 2.44. The van der Waals surface area contributed by atoms with E-state index in [1.807, 2.05) is 48.5 Å². The molecule has 40 heavy (non-hydrogen) atoms. The lowest BCUT2D eigenvalue weighted by atomic mass is 9.89. The normalized spacial score (nSPS) is 19.4. The lowest BCUT2D eigenvalue weighted by molar-refractivity contribution is -0.140. The molecule has 2 aliphatic heterocycles. The van der Waals surface area contributed by atoms with Crippen LogP contribution >= 0.6 is 11.8 Å². The molecule has 1 saturated carbocycles. The number of carbonyl (C=O) groups excluding carboxylic acids is 3. The van der Waals surface area contributed by atoms with Crippen LogP contribution in [0.4, 0.5) is 10.5 Å². The van der Waals surface area contributed by atoms with Crippen LogP contribution in [0, 0.1) is 5.92 Å². The van der Waals surface area contributed by atoms with E-state index in [1.54, 1.807) is 4.90 Å². The first-order valence-corrected chi connectivity index (χ1v) is 14.3. The number of amides is 3. The molecule has 0 spiro atoms. The predicted molar refractivity (Wildman–Crippen MR) is 155 cm³/mol. The molecule has 0 unspecified atom stereocenters. The van der Waals surface area contributed by atoms with E-state index in [2.05, 4.69) is 24.3 Å². The second kappa shape index (κ2) is 10.8. The molecule has 0 bridgehead atoms. The van der Waals surface area contributed by atoms with Gasteiger partial charge in [-0.2, -0.15) is 0 Å². The molecule has 0 radical (unpaired) electrons. The minimum Gasteiger partial charge on any atom is -0.480 e. The van der Waals surface area contributed by atoms with Crippen LogP contribution in [0.2, 0.25) is 0 Å². The molecule has 2 heterocycles. The third kappa shape index (κ3) is 4.84. The van der Waals surface area contributed by atoms with Crippen molar-refractivity contribution in [1.82, 2.24) is 4.90 Å². The van der Waals surface area contributed by atoms with Gasteiger partial charge in [0.1, 0.15) is 6.54 Å². The summed E-state index contributed by atoms with van der Waals surface area (Å²) in [6.07, 6.45) is 5.58. The first kappa shape index (κ1) is 26.1. The summed E-state index contributed by atoms with van der Waals surface area (Å²) in [6.45, 7) is -0.179. The number of fused-ring (bicyclic) bond motifs is 1. The number of thioether (sulfide) groups is 1. The SMILES string of the molecule is O=C(O)CN1C(=O)S/C(=C2\C(=O)N(CC3CCCCC3)c3ccc(-c4ccc(-c5ccccc5)cc4)cc32)C1=O. The number of carbonyl (C=O) groups is 4. The maximum atomic E-state index is 13.9. The predicted octanol–water partition coefficient (Wildman–Crippen LogP) is 6.44. The van der Waals surface area contributed by atoms with Crippen LogP contribution in [0.15, 0.2) is 77.7 Å². The van der Waals surface area contributed by atoms with Crippen molar-refractivity contribution in [1.29, 1.82) is 0 Å². The van der Waals surface area contributed by atoms with Crippen LogP contribution in [-0.4, -0.2) is 46.1 Å². The molecule has 3 aliphatic rings. The molecule has 6 rings (SSSR count). The maximum Gasteiger partial charge on any atom is 0.323 e. The Hall–Kier alpha value is -4.17. The van der Waals surface area contributed by atoms with Gasteiger partial charge in [0, 0.05) is 12.1 Å². The number of rotatable bonds is 6. The zero-order chi connectivity index (χ0) is 27.8. The van der Waals surface area contributed by atoms with Crippen molar-refractivity contribution in [2.24, 2.45) is 5.92 Å². The number of benzene rings is 3. The quantitative estimate of drug-likeness (QED) is 0.354. The Balaban J connectivity index is 1.41. The fraction of sp³-hybridized carbons (Fsp3) is 0.250. The standard InChI is InChI=1S/C32H28N2O5S/c35-27(36)19-34-31(38)29(40-32(34)39)28-25-17-24(23-13-11-22(12-14-23)21-9-5-2-6-10-21)15-16-26(25)33(30(28)37)18-20-7-3-1-4-8-20/h2,5-6,9-17,20H,1,3-4,7-8,18-19H2,(H,35,36)/b29-28-. The number of carboxylic acids is 1. The summed E-state index contributed by atoms with van der Waals surface area (Å²) in [5.74, 6) is -1.95. The second-order valence-corrected chi connectivity index (χ2v) is 11.4. The first-order chi connectivity index (χ1) is 19.4. The van der Waals surface area contributed by atoms with Gasteiger partial charge in [0.2, 0.25) is 0 Å². The number of hydrogen-bond donors (Lipinski definition) is 1. The largest absolute Gasteiger partial charge is 0.480 e. The average Bonchev–Trinajstić information content (AvgIpc) is 3.40. The highest BCUT2D eigenvalue weighted by molar-refractivity contribution is 8.18. The van der Waals surface area contributed by atoms with Gasteiger partial charge < -0.3 is 10.0 Å². The van der Waals surface area contributed by atoms with Gasteiger partial charge in [-0.25, -0.2) is 0 Å². The van der Waals surface area contributed by atoms with Crippen LogP contribution in [0.1, 0.15) is 37.7 Å². The molecule has 1 N–H and O–H groups in total. The highest BCUT2D eigenvalue weighted by Crippen LogP contribution is 2.46. The van der Waals surface area contributed by atoms with E-state index in [9.17, 15) is 24.3 Å².